The van der Waals surface area contributed by atoms with Crippen LogP contribution >= 0.6 is 11.3 Å². The molecule has 1 aliphatic heterocycles. The summed E-state index contributed by atoms with van der Waals surface area (Å²) in [7, 11) is 1.63. The Kier molecular flexibility index (Phi) is 4.26. The van der Waals surface area contributed by atoms with Crippen LogP contribution in [0.2, 0.25) is 0 Å². The molecule has 0 radical (unpaired) electrons. The van der Waals surface area contributed by atoms with Crippen molar-refractivity contribution in [3.63, 3.8) is 0 Å². The number of hydrogen-bond donors (Lipinski definition) is 1. The molecule has 25 heavy (non-hydrogen) atoms. The molecule has 2 aromatic heterocycles. The first-order valence-corrected chi connectivity index (χ1v) is 8.54. The summed E-state index contributed by atoms with van der Waals surface area (Å²) in [5.74, 6) is 1.43. The molecule has 0 saturated heterocycles. The Labute approximate surface area is 148 Å². The molecule has 0 aliphatic carbocycles. The Morgan fingerprint density at radius 1 is 1.20 bits per heavy atom. The van der Waals surface area contributed by atoms with E-state index in [0.717, 1.165) is 27.7 Å². The molecule has 126 valence electrons. The van der Waals surface area contributed by atoms with Crippen LogP contribution in [0.1, 0.15) is 12.0 Å². The van der Waals surface area contributed by atoms with Gasteiger partial charge in [0.1, 0.15) is 5.69 Å². The monoisotopic (exact) mass is 353 g/mol. The van der Waals surface area contributed by atoms with Crippen molar-refractivity contribution >= 4 is 22.2 Å². The summed E-state index contributed by atoms with van der Waals surface area (Å²) in [6.45, 7) is 0.559. The summed E-state index contributed by atoms with van der Waals surface area (Å²) in [4.78, 5) is 4.28. The van der Waals surface area contributed by atoms with Crippen molar-refractivity contribution in [2.75, 3.05) is 19.1 Å². The minimum absolute atomic E-state index is 0.559. The van der Waals surface area contributed by atoms with Crippen molar-refractivity contribution in [3.8, 4) is 22.2 Å². The maximum absolute atomic E-state index is 5.72. The van der Waals surface area contributed by atoms with Crippen molar-refractivity contribution in [2.24, 2.45) is 5.10 Å². The van der Waals surface area contributed by atoms with Gasteiger partial charge in [0.25, 0.3) is 0 Å². The summed E-state index contributed by atoms with van der Waals surface area (Å²) < 4.78 is 11.1. The molecule has 1 aromatic carbocycles. The van der Waals surface area contributed by atoms with Crippen LogP contribution in [0, 0.1) is 0 Å². The summed E-state index contributed by atoms with van der Waals surface area (Å²) in [5.41, 5.74) is 5.61. The molecule has 7 nitrogen and oxygen atoms in total. The summed E-state index contributed by atoms with van der Waals surface area (Å²) >= 11 is 1.40. The van der Waals surface area contributed by atoms with E-state index >= 15 is 0 Å². The second kappa shape index (κ2) is 6.86. The summed E-state index contributed by atoms with van der Waals surface area (Å²) in [6.07, 6.45) is 2.44. The summed E-state index contributed by atoms with van der Waals surface area (Å²) in [5, 5.41) is 14.1. The van der Waals surface area contributed by atoms with Gasteiger partial charge in [0.15, 0.2) is 16.5 Å². The lowest BCUT2D eigenvalue weighted by Crippen LogP contribution is -2.18. The van der Waals surface area contributed by atoms with Crippen LogP contribution in [-0.4, -0.2) is 34.6 Å². The molecule has 0 fully saturated rings. The van der Waals surface area contributed by atoms with Gasteiger partial charge >= 0.3 is 0 Å². The van der Waals surface area contributed by atoms with E-state index in [1.165, 1.54) is 11.3 Å². The average molecular weight is 353 g/mol. The molecule has 3 aromatic rings. The van der Waals surface area contributed by atoms with Crippen molar-refractivity contribution < 1.29 is 9.47 Å². The molecule has 0 saturated carbocycles. The van der Waals surface area contributed by atoms with Gasteiger partial charge in [-0.15, -0.1) is 10.2 Å². The highest BCUT2D eigenvalue weighted by atomic mass is 32.1. The highest BCUT2D eigenvalue weighted by molar-refractivity contribution is 7.18. The van der Waals surface area contributed by atoms with Crippen LogP contribution in [-0.2, 0) is 0 Å². The maximum Gasteiger partial charge on any atom is 0.226 e. The van der Waals surface area contributed by atoms with Crippen molar-refractivity contribution in [1.29, 1.82) is 0 Å². The van der Waals surface area contributed by atoms with E-state index in [1.54, 1.807) is 13.3 Å². The number of pyridine rings is 1. The Balaban J connectivity index is 1.57. The highest BCUT2D eigenvalue weighted by Gasteiger charge is 2.20. The summed E-state index contributed by atoms with van der Waals surface area (Å²) in [6, 6.07) is 11.5. The topological polar surface area (TPSA) is 81.5 Å². The van der Waals surface area contributed by atoms with E-state index in [1.807, 2.05) is 36.4 Å². The van der Waals surface area contributed by atoms with Gasteiger partial charge in [-0.3, -0.25) is 10.4 Å². The largest absolute Gasteiger partial charge is 0.493 e. The van der Waals surface area contributed by atoms with Gasteiger partial charge in [-0.2, -0.15) is 5.10 Å². The lowest BCUT2D eigenvalue weighted by molar-refractivity contribution is 0.295. The third-order valence-corrected chi connectivity index (χ3v) is 4.54. The molecule has 0 atom stereocenters. The number of methoxy groups -OCH3 is 1. The normalized spacial score (nSPS) is 14.7. The second-order valence-electron chi connectivity index (χ2n) is 5.23. The first-order chi connectivity index (χ1) is 12.3. The van der Waals surface area contributed by atoms with Gasteiger partial charge in [-0.25, -0.2) is 0 Å². The Morgan fingerprint density at radius 3 is 3.00 bits per heavy atom. The fourth-order valence-electron chi connectivity index (χ4n) is 2.53. The smallest absolute Gasteiger partial charge is 0.226 e. The lowest BCUT2D eigenvalue weighted by Gasteiger charge is -2.20. The van der Waals surface area contributed by atoms with Crippen molar-refractivity contribution in [3.05, 3.63) is 48.2 Å². The number of rotatable bonds is 4. The Hall–Kier alpha value is -3.00. The standard InChI is InChI=1S/C17H15N5O2S/c1-23-14-7-4-5-11-12(8-10-24-15(11)14)19-21-17-22-20-16(25-17)13-6-2-3-9-18-13/h2-7,9H,8,10H2,1H3,(H,21,22)/b19-12-. The molecule has 3 heterocycles. The molecule has 0 bridgehead atoms. The van der Waals surface area contributed by atoms with Crippen molar-refractivity contribution in [2.45, 2.75) is 6.42 Å². The van der Waals surface area contributed by atoms with Gasteiger partial charge in [0, 0.05) is 18.2 Å². The van der Waals surface area contributed by atoms with E-state index in [4.69, 9.17) is 9.47 Å². The molecule has 0 amide bonds. The van der Waals surface area contributed by atoms with E-state index < -0.39 is 0 Å². The quantitative estimate of drug-likeness (QED) is 0.726. The van der Waals surface area contributed by atoms with Crippen LogP contribution in [0.3, 0.4) is 0 Å². The van der Waals surface area contributed by atoms with Crippen molar-refractivity contribution in [1.82, 2.24) is 15.2 Å². The van der Waals surface area contributed by atoms with Crippen LogP contribution < -0.4 is 14.9 Å². The zero-order valence-corrected chi connectivity index (χ0v) is 14.3. The Morgan fingerprint density at radius 2 is 2.16 bits per heavy atom. The predicted molar refractivity (Wildman–Crippen MR) is 96.4 cm³/mol. The van der Waals surface area contributed by atoms with Gasteiger partial charge in [-0.05, 0) is 24.3 Å². The van der Waals surface area contributed by atoms with E-state index in [-0.39, 0.29) is 0 Å². The third-order valence-electron chi connectivity index (χ3n) is 3.69. The average Bonchev–Trinajstić information content (AvgIpc) is 3.15. The van der Waals surface area contributed by atoms with Crippen LogP contribution in [0.4, 0.5) is 5.13 Å². The minimum Gasteiger partial charge on any atom is -0.493 e. The lowest BCUT2D eigenvalue weighted by atomic mass is 10.0. The number of aromatic nitrogens is 3. The van der Waals surface area contributed by atoms with Gasteiger partial charge < -0.3 is 9.47 Å². The van der Waals surface area contributed by atoms with Gasteiger partial charge in [0.05, 0.1) is 19.4 Å². The molecule has 0 unspecified atom stereocenters. The maximum atomic E-state index is 5.72. The first-order valence-electron chi connectivity index (χ1n) is 7.73. The zero-order chi connectivity index (χ0) is 17.1. The number of benzene rings is 1. The van der Waals surface area contributed by atoms with Gasteiger partial charge in [-0.1, -0.05) is 23.5 Å². The number of nitrogens with zero attached hydrogens (tertiary/aromatic N) is 4. The van der Waals surface area contributed by atoms with E-state index in [0.29, 0.717) is 23.9 Å². The molecule has 8 heteroatoms. The fourth-order valence-corrected chi connectivity index (χ4v) is 3.19. The van der Waals surface area contributed by atoms with Crippen LogP contribution in [0.25, 0.3) is 10.7 Å². The van der Waals surface area contributed by atoms with Crippen LogP contribution in [0.15, 0.2) is 47.7 Å². The number of para-hydroxylation sites is 1. The fraction of sp³-hybridized carbons (Fsp3) is 0.176. The molecular weight excluding hydrogens is 338 g/mol. The Bertz CT molecular complexity index is 910. The second-order valence-corrected chi connectivity index (χ2v) is 6.21. The zero-order valence-electron chi connectivity index (χ0n) is 13.5. The molecule has 1 aliphatic rings. The molecule has 1 N–H and O–H groups in total. The van der Waals surface area contributed by atoms with E-state index in [2.05, 4.69) is 25.7 Å². The number of hydrazone groups is 1. The van der Waals surface area contributed by atoms with Gasteiger partial charge in [0.2, 0.25) is 5.13 Å². The first kappa shape index (κ1) is 15.5. The molecule has 4 rings (SSSR count). The highest BCUT2D eigenvalue weighted by Crippen LogP contribution is 2.35. The number of hydrogen-bond acceptors (Lipinski definition) is 8. The number of nitrogens with one attached hydrogen (secondary N) is 1. The number of ether oxygens (including phenoxy) is 2. The van der Waals surface area contributed by atoms with Crippen LogP contribution in [0.5, 0.6) is 11.5 Å². The third kappa shape index (κ3) is 3.16. The SMILES string of the molecule is COc1cccc2c1OCC/C2=N/Nc1nnc(-c2ccccn2)s1. The van der Waals surface area contributed by atoms with E-state index in [9.17, 15) is 0 Å². The molecular formula is C17H15N5O2S. The number of anilines is 1. The predicted octanol–water partition coefficient (Wildman–Crippen LogP) is 3.21. The minimum atomic E-state index is 0.559. The molecule has 0 spiro atoms. The number of fused-ring (bicyclic) bond motifs is 1.